The summed E-state index contributed by atoms with van der Waals surface area (Å²) in [6.07, 6.45) is 3.58. The zero-order valence-electron chi connectivity index (χ0n) is 11.1. The van der Waals surface area contributed by atoms with Crippen molar-refractivity contribution in [2.45, 2.75) is 6.54 Å². The summed E-state index contributed by atoms with van der Waals surface area (Å²) in [6, 6.07) is 10.6. The number of halogens is 1. The lowest BCUT2D eigenvalue weighted by atomic mass is 10.0. The highest BCUT2D eigenvalue weighted by Gasteiger charge is 2.09. The van der Waals surface area contributed by atoms with Crippen LogP contribution in [0.25, 0.3) is 22.2 Å². The van der Waals surface area contributed by atoms with Crippen LogP contribution in [0.3, 0.4) is 0 Å². The summed E-state index contributed by atoms with van der Waals surface area (Å²) in [6.45, 7) is 0.727. The number of benzene rings is 2. The van der Waals surface area contributed by atoms with Gasteiger partial charge in [-0.1, -0.05) is 24.3 Å². The van der Waals surface area contributed by atoms with Gasteiger partial charge in [0.1, 0.15) is 5.82 Å². The third-order valence-electron chi connectivity index (χ3n) is 3.20. The lowest BCUT2D eigenvalue weighted by Crippen LogP contribution is -2.06. The number of hydrogen-bond donors (Lipinski definition) is 1. The minimum atomic E-state index is -0.226. The molecule has 0 bridgehead atoms. The minimum absolute atomic E-state index is 0.226. The number of fused-ring (bicyclic) bond motifs is 1. The molecular weight excluding hydrogens is 253 g/mol. The molecule has 1 N–H and O–H groups in total. The van der Waals surface area contributed by atoms with E-state index in [9.17, 15) is 4.39 Å². The van der Waals surface area contributed by atoms with Crippen molar-refractivity contribution in [2.75, 3.05) is 7.05 Å². The summed E-state index contributed by atoms with van der Waals surface area (Å²) in [5, 5.41) is 4.47. The van der Waals surface area contributed by atoms with Crippen LogP contribution in [-0.4, -0.2) is 17.0 Å². The van der Waals surface area contributed by atoms with Crippen molar-refractivity contribution in [2.24, 2.45) is 0 Å². The summed E-state index contributed by atoms with van der Waals surface area (Å²) in [4.78, 5) is 8.75. The molecule has 1 aromatic heterocycles. The lowest BCUT2D eigenvalue weighted by molar-refractivity contribution is 0.640. The summed E-state index contributed by atoms with van der Waals surface area (Å²) in [5.41, 5.74) is 1.86. The summed E-state index contributed by atoms with van der Waals surface area (Å²) in [5.74, 6) is 0.386. The molecule has 0 radical (unpaired) electrons. The van der Waals surface area contributed by atoms with Gasteiger partial charge in [0.15, 0.2) is 5.82 Å². The summed E-state index contributed by atoms with van der Waals surface area (Å²) >= 11 is 0. The molecule has 0 aliphatic heterocycles. The van der Waals surface area contributed by atoms with E-state index in [1.54, 1.807) is 24.5 Å². The maximum Gasteiger partial charge on any atom is 0.159 e. The molecule has 0 saturated heterocycles. The van der Waals surface area contributed by atoms with E-state index in [0.29, 0.717) is 11.2 Å². The van der Waals surface area contributed by atoms with E-state index in [1.807, 2.05) is 25.2 Å². The van der Waals surface area contributed by atoms with Crippen molar-refractivity contribution >= 4 is 10.8 Å². The van der Waals surface area contributed by atoms with Crippen molar-refractivity contribution in [1.82, 2.24) is 15.3 Å². The zero-order valence-corrected chi connectivity index (χ0v) is 11.1. The van der Waals surface area contributed by atoms with Crippen LogP contribution in [0.15, 0.2) is 48.8 Å². The predicted molar refractivity (Wildman–Crippen MR) is 77.7 cm³/mol. The Bertz CT molecular complexity index is 738. The van der Waals surface area contributed by atoms with E-state index in [2.05, 4.69) is 15.3 Å². The Labute approximate surface area is 116 Å². The molecule has 20 heavy (non-hydrogen) atoms. The van der Waals surface area contributed by atoms with Gasteiger partial charge in [0.05, 0.1) is 0 Å². The van der Waals surface area contributed by atoms with Crippen molar-refractivity contribution in [1.29, 1.82) is 0 Å². The Hall–Kier alpha value is -2.33. The highest BCUT2D eigenvalue weighted by molar-refractivity contribution is 5.95. The third-order valence-corrected chi connectivity index (χ3v) is 3.20. The van der Waals surface area contributed by atoms with E-state index in [1.165, 1.54) is 6.07 Å². The smallest absolute Gasteiger partial charge is 0.159 e. The van der Waals surface area contributed by atoms with Gasteiger partial charge in [0.2, 0.25) is 0 Å². The van der Waals surface area contributed by atoms with Gasteiger partial charge in [0.25, 0.3) is 0 Å². The van der Waals surface area contributed by atoms with Gasteiger partial charge < -0.3 is 5.32 Å². The largest absolute Gasteiger partial charge is 0.316 e. The van der Waals surface area contributed by atoms with Crippen LogP contribution in [0.1, 0.15) is 5.56 Å². The fourth-order valence-corrected chi connectivity index (χ4v) is 2.25. The van der Waals surface area contributed by atoms with E-state index >= 15 is 0 Å². The number of hydrogen-bond acceptors (Lipinski definition) is 3. The van der Waals surface area contributed by atoms with E-state index in [0.717, 1.165) is 23.1 Å². The second-order valence-corrected chi connectivity index (χ2v) is 4.59. The minimum Gasteiger partial charge on any atom is -0.316 e. The molecule has 0 atom stereocenters. The first-order chi connectivity index (χ1) is 9.79. The summed E-state index contributed by atoms with van der Waals surface area (Å²) < 4.78 is 13.8. The van der Waals surface area contributed by atoms with Crippen LogP contribution in [-0.2, 0) is 6.54 Å². The first kappa shape index (κ1) is 12.7. The standard InChI is InChI=1S/C16H14FN3/c1-18-8-11-9-19-16(20-10-11)14-6-7-15(17)13-5-3-2-4-12(13)14/h2-7,9-10,18H,8H2,1H3. The average Bonchev–Trinajstić information content (AvgIpc) is 2.49. The Morgan fingerprint density at radius 1 is 1.00 bits per heavy atom. The molecule has 0 aliphatic carbocycles. The number of nitrogens with one attached hydrogen (secondary N) is 1. The van der Waals surface area contributed by atoms with Gasteiger partial charge in [-0.2, -0.15) is 0 Å². The Kier molecular flexibility index (Phi) is 3.39. The predicted octanol–water partition coefficient (Wildman–Crippen LogP) is 3.16. The zero-order chi connectivity index (χ0) is 13.9. The Balaban J connectivity index is 2.12. The molecule has 0 amide bonds. The van der Waals surface area contributed by atoms with E-state index < -0.39 is 0 Å². The highest BCUT2D eigenvalue weighted by atomic mass is 19.1. The van der Waals surface area contributed by atoms with E-state index in [4.69, 9.17) is 0 Å². The first-order valence-corrected chi connectivity index (χ1v) is 6.43. The van der Waals surface area contributed by atoms with Crippen LogP contribution in [0.4, 0.5) is 4.39 Å². The second kappa shape index (κ2) is 5.35. The molecule has 0 saturated carbocycles. The first-order valence-electron chi connectivity index (χ1n) is 6.43. The van der Waals surface area contributed by atoms with Crippen molar-refractivity contribution in [3.63, 3.8) is 0 Å². The fourth-order valence-electron chi connectivity index (χ4n) is 2.25. The fraction of sp³-hybridized carbons (Fsp3) is 0.125. The molecule has 100 valence electrons. The monoisotopic (exact) mass is 267 g/mol. The van der Waals surface area contributed by atoms with Crippen LogP contribution in [0, 0.1) is 5.82 Å². The van der Waals surface area contributed by atoms with Gasteiger partial charge in [-0.25, -0.2) is 14.4 Å². The molecular formula is C16H14FN3. The van der Waals surface area contributed by atoms with Crippen LogP contribution in [0.2, 0.25) is 0 Å². The molecule has 0 spiro atoms. The Morgan fingerprint density at radius 2 is 1.70 bits per heavy atom. The van der Waals surface area contributed by atoms with Crippen LogP contribution in [0.5, 0.6) is 0 Å². The van der Waals surface area contributed by atoms with Gasteiger partial charge in [-0.05, 0) is 24.6 Å². The van der Waals surface area contributed by atoms with Crippen LogP contribution < -0.4 is 5.32 Å². The van der Waals surface area contributed by atoms with Gasteiger partial charge >= 0.3 is 0 Å². The molecule has 0 aliphatic rings. The maximum absolute atomic E-state index is 13.8. The molecule has 1 heterocycles. The van der Waals surface area contributed by atoms with Crippen molar-refractivity contribution < 1.29 is 4.39 Å². The van der Waals surface area contributed by atoms with Crippen molar-refractivity contribution in [3.05, 3.63) is 60.2 Å². The number of nitrogens with zero attached hydrogens (tertiary/aromatic N) is 2. The highest BCUT2D eigenvalue weighted by Crippen LogP contribution is 2.27. The van der Waals surface area contributed by atoms with E-state index in [-0.39, 0.29) is 5.82 Å². The topological polar surface area (TPSA) is 37.8 Å². The number of aromatic nitrogens is 2. The Morgan fingerprint density at radius 3 is 2.40 bits per heavy atom. The van der Waals surface area contributed by atoms with Gasteiger partial charge in [-0.15, -0.1) is 0 Å². The molecule has 3 rings (SSSR count). The molecule has 0 fully saturated rings. The SMILES string of the molecule is CNCc1cnc(-c2ccc(F)c3ccccc23)nc1. The van der Waals surface area contributed by atoms with Gasteiger partial charge in [0, 0.05) is 35.5 Å². The second-order valence-electron chi connectivity index (χ2n) is 4.59. The summed E-state index contributed by atoms with van der Waals surface area (Å²) in [7, 11) is 1.88. The third kappa shape index (κ3) is 2.26. The average molecular weight is 267 g/mol. The lowest BCUT2D eigenvalue weighted by Gasteiger charge is -2.07. The maximum atomic E-state index is 13.8. The molecule has 2 aromatic carbocycles. The quantitative estimate of drug-likeness (QED) is 0.792. The normalized spacial score (nSPS) is 10.9. The molecule has 3 nitrogen and oxygen atoms in total. The van der Waals surface area contributed by atoms with Gasteiger partial charge in [-0.3, -0.25) is 0 Å². The van der Waals surface area contributed by atoms with Crippen molar-refractivity contribution in [3.8, 4) is 11.4 Å². The molecule has 3 aromatic rings. The molecule has 4 heteroatoms. The molecule has 0 unspecified atom stereocenters. The number of rotatable bonds is 3. The van der Waals surface area contributed by atoms with Crippen LogP contribution >= 0.6 is 0 Å².